The summed E-state index contributed by atoms with van der Waals surface area (Å²) >= 11 is 0. The average molecular weight is 388 g/mol. The first-order chi connectivity index (χ1) is 14.3. The van der Waals surface area contributed by atoms with Gasteiger partial charge in [0.2, 0.25) is 6.79 Å². The standard InChI is InChI=1S/C22H16N2O5/c25-22(15-3-6-18(7-4-15)24-9-1-2-10-24)26-13-17-12-20(29-23-17)16-5-8-19-21(11-16)28-14-27-19/h1-12H,13-14H2. The predicted octanol–water partition coefficient (Wildman–Crippen LogP) is 4.22. The van der Waals surface area contributed by atoms with E-state index in [1.165, 1.54) is 0 Å². The fourth-order valence-corrected chi connectivity index (χ4v) is 3.06. The summed E-state index contributed by atoms with van der Waals surface area (Å²) in [5.41, 5.74) is 2.77. The van der Waals surface area contributed by atoms with E-state index in [9.17, 15) is 4.79 Å². The summed E-state index contributed by atoms with van der Waals surface area (Å²) in [6.45, 7) is 0.231. The maximum Gasteiger partial charge on any atom is 0.338 e. The summed E-state index contributed by atoms with van der Waals surface area (Å²) in [6.07, 6.45) is 3.88. The molecule has 29 heavy (non-hydrogen) atoms. The Hall–Kier alpha value is -4.00. The Labute approximate surface area is 166 Å². The van der Waals surface area contributed by atoms with Crippen molar-refractivity contribution in [1.82, 2.24) is 9.72 Å². The van der Waals surface area contributed by atoms with Crippen molar-refractivity contribution in [3.05, 3.63) is 84.3 Å². The van der Waals surface area contributed by atoms with E-state index in [-0.39, 0.29) is 13.4 Å². The lowest BCUT2D eigenvalue weighted by Crippen LogP contribution is -2.05. The van der Waals surface area contributed by atoms with Crippen LogP contribution in [0.4, 0.5) is 0 Å². The number of hydrogen-bond donors (Lipinski definition) is 0. The lowest BCUT2D eigenvalue weighted by molar-refractivity contribution is 0.0464. The summed E-state index contributed by atoms with van der Waals surface area (Å²) in [4.78, 5) is 12.3. The Morgan fingerprint density at radius 1 is 1.00 bits per heavy atom. The van der Waals surface area contributed by atoms with Crippen molar-refractivity contribution in [2.75, 3.05) is 6.79 Å². The summed E-state index contributed by atoms with van der Waals surface area (Å²) < 4.78 is 23.4. The van der Waals surface area contributed by atoms with Gasteiger partial charge in [-0.05, 0) is 54.6 Å². The molecule has 0 fully saturated rings. The quantitative estimate of drug-likeness (QED) is 0.477. The molecule has 7 heteroatoms. The third-order valence-corrected chi connectivity index (χ3v) is 4.57. The second-order valence-electron chi connectivity index (χ2n) is 6.46. The molecule has 0 atom stereocenters. The van der Waals surface area contributed by atoms with Crippen molar-refractivity contribution in [2.45, 2.75) is 6.61 Å². The van der Waals surface area contributed by atoms with Crippen LogP contribution in [0.5, 0.6) is 11.5 Å². The van der Waals surface area contributed by atoms with Crippen LogP contribution >= 0.6 is 0 Å². The van der Waals surface area contributed by atoms with Gasteiger partial charge in [-0.25, -0.2) is 4.79 Å². The van der Waals surface area contributed by atoms with Crippen LogP contribution in [0.1, 0.15) is 16.1 Å². The SMILES string of the molecule is O=C(OCc1cc(-c2ccc3c(c2)OCO3)on1)c1ccc(-n2cccc2)cc1. The second kappa shape index (κ2) is 7.20. The molecule has 0 N–H and O–H groups in total. The Kier molecular flexibility index (Phi) is 4.25. The monoisotopic (exact) mass is 388 g/mol. The third-order valence-electron chi connectivity index (χ3n) is 4.57. The predicted molar refractivity (Wildman–Crippen MR) is 103 cm³/mol. The molecule has 0 amide bonds. The maximum absolute atomic E-state index is 12.3. The van der Waals surface area contributed by atoms with Crippen molar-refractivity contribution in [2.24, 2.45) is 0 Å². The van der Waals surface area contributed by atoms with E-state index < -0.39 is 5.97 Å². The van der Waals surface area contributed by atoms with Crippen LogP contribution in [0.2, 0.25) is 0 Å². The Bertz CT molecular complexity index is 1150. The third kappa shape index (κ3) is 3.45. The van der Waals surface area contributed by atoms with Crippen LogP contribution in [0.15, 0.2) is 77.6 Å². The normalized spacial score (nSPS) is 12.1. The van der Waals surface area contributed by atoms with E-state index in [2.05, 4.69) is 5.16 Å². The number of nitrogens with zero attached hydrogens (tertiary/aromatic N) is 2. The first-order valence-electron chi connectivity index (χ1n) is 9.02. The van der Waals surface area contributed by atoms with Gasteiger partial charge in [0.1, 0.15) is 12.3 Å². The van der Waals surface area contributed by atoms with Gasteiger partial charge in [-0.1, -0.05) is 5.16 Å². The van der Waals surface area contributed by atoms with Crippen LogP contribution in [-0.2, 0) is 11.3 Å². The number of aromatic nitrogens is 2. The summed E-state index contributed by atoms with van der Waals surface area (Å²) in [6, 6.07) is 18.3. The first-order valence-corrected chi connectivity index (χ1v) is 9.02. The number of esters is 1. The van der Waals surface area contributed by atoms with E-state index in [1.54, 1.807) is 18.2 Å². The first kappa shape index (κ1) is 17.1. The fraction of sp³-hybridized carbons (Fsp3) is 0.0909. The van der Waals surface area contributed by atoms with Crippen molar-refractivity contribution in [3.63, 3.8) is 0 Å². The van der Waals surface area contributed by atoms with Crippen LogP contribution < -0.4 is 9.47 Å². The number of benzene rings is 2. The molecular weight excluding hydrogens is 372 g/mol. The second-order valence-corrected chi connectivity index (χ2v) is 6.46. The fourth-order valence-electron chi connectivity index (χ4n) is 3.06. The Balaban J connectivity index is 1.23. The van der Waals surface area contributed by atoms with Crippen LogP contribution in [-0.4, -0.2) is 22.5 Å². The molecule has 0 bridgehead atoms. The molecule has 3 heterocycles. The molecule has 4 aromatic rings. The highest BCUT2D eigenvalue weighted by atomic mass is 16.7. The van der Waals surface area contributed by atoms with Crippen LogP contribution in [0.3, 0.4) is 0 Å². The molecule has 0 saturated carbocycles. The average Bonchev–Trinajstić information content (AvgIpc) is 3.53. The molecular formula is C22H16N2O5. The molecule has 0 spiro atoms. The van der Waals surface area contributed by atoms with Gasteiger partial charge in [0.15, 0.2) is 17.3 Å². The molecule has 0 saturated heterocycles. The highest BCUT2D eigenvalue weighted by Crippen LogP contribution is 2.36. The van der Waals surface area contributed by atoms with E-state index in [4.69, 9.17) is 18.7 Å². The zero-order valence-electron chi connectivity index (χ0n) is 15.3. The largest absolute Gasteiger partial charge is 0.455 e. The summed E-state index contributed by atoms with van der Waals surface area (Å²) in [5, 5.41) is 3.97. The molecule has 0 aliphatic carbocycles. The van der Waals surface area contributed by atoms with Gasteiger partial charge in [-0.3, -0.25) is 0 Å². The Morgan fingerprint density at radius 2 is 1.79 bits per heavy atom. The zero-order valence-corrected chi connectivity index (χ0v) is 15.3. The number of carbonyl (C=O) groups excluding carboxylic acids is 1. The van der Waals surface area contributed by atoms with Crippen LogP contribution in [0, 0.1) is 0 Å². The van der Waals surface area contributed by atoms with E-state index in [0.29, 0.717) is 28.5 Å². The number of ether oxygens (including phenoxy) is 3. The molecule has 1 aliphatic heterocycles. The summed E-state index contributed by atoms with van der Waals surface area (Å²) in [5.74, 6) is 1.50. The van der Waals surface area contributed by atoms with E-state index in [1.807, 2.05) is 59.4 Å². The Morgan fingerprint density at radius 3 is 2.62 bits per heavy atom. The van der Waals surface area contributed by atoms with E-state index in [0.717, 1.165) is 11.3 Å². The highest BCUT2D eigenvalue weighted by molar-refractivity contribution is 5.89. The van der Waals surface area contributed by atoms with Crippen molar-refractivity contribution in [3.8, 4) is 28.5 Å². The highest BCUT2D eigenvalue weighted by Gasteiger charge is 2.16. The van der Waals surface area contributed by atoms with Gasteiger partial charge < -0.3 is 23.3 Å². The lowest BCUT2D eigenvalue weighted by Gasteiger charge is -2.05. The van der Waals surface area contributed by atoms with Gasteiger partial charge in [-0.15, -0.1) is 0 Å². The van der Waals surface area contributed by atoms with Gasteiger partial charge in [0, 0.05) is 29.7 Å². The van der Waals surface area contributed by atoms with Crippen molar-refractivity contribution in [1.29, 1.82) is 0 Å². The molecule has 5 rings (SSSR count). The smallest absolute Gasteiger partial charge is 0.338 e. The maximum atomic E-state index is 12.3. The molecule has 0 unspecified atom stereocenters. The number of carbonyl (C=O) groups is 1. The molecule has 144 valence electrons. The molecule has 1 aliphatic rings. The van der Waals surface area contributed by atoms with Gasteiger partial charge in [0.05, 0.1) is 5.56 Å². The van der Waals surface area contributed by atoms with Crippen molar-refractivity contribution >= 4 is 5.97 Å². The minimum Gasteiger partial charge on any atom is -0.455 e. The number of hydrogen-bond acceptors (Lipinski definition) is 6. The number of fused-ring (bicyclic) bond motifs is 1. The molecule has 2 aromatic heterocycles. The van der Waals surface area contributed by atoms with Gasteiger partial charge in [-0.2, -0.15) is 0 Å². The molecule has 7 nitrogen and oxygen atoms in total. The van der Waals surface area contributed by atoms with Crippen LogP contribution in [0.25, 0.3) is 17.0 Å². The minimum atomic E-state index is -0.420. The van der Waals surface area contributed by atoms with Gasteiger partial charge >= 0.3 is 5.97 Å². The van der Waals surface area contributed by atoms with Crippen molar-refractivity contribution < 1.29 is 23.5 Å². The van der Waals surface area contributed by atoms with E-state index >= 15 is 0 Å². The number of rotatable bonds is 5. The topological polar surface area (TPSA) is 75.7 Å². The lowest BCUT2D eigenvalue weighted by atomic mass is 10.1. The zero-order chi connectivity index (χ0) is 19.6. The summed E-state index contributed by atoms with van der Waals surface area (Å²) in [7, 11) is 0. The minimum absolute atomic E-state index is 0.0201. The molecule has 2 aromatic carbocycles. The molecule has 0 radical (unpaired) electrons. The van der Waals surface area contributed by atoms with Gasteiger partial charge in [0.25, 0.3) is 0 Å².